The first-order valence-electron chi connectivity index (χ1n) is 8.43. The molecule has 0 fully saturated rings. The van der Waals surface area contributed by atoms with E-state index in [1.54, 1.807) is 10.9 Å². The summed E-state index contributed by atoms with van der Waals surface area (Å²) in [5.74, 6) is 0.769. The normalized spacial score (nSPS) is 10.8. The Bertz CT molecular complexity index is 956. The molecule has 0 unspecified atom stereocenters. The minimum absolute atomic E-state index is 0.125. The van der Waals surface area contributed by atoms with E-state index < -0.39 is 0 Å². The molecule has 136 valence electrons. The molecule has 0 saturated carbocycles. The zero-order valence-electron chi connectivity index (χ0n) is 15.7. The first kappa shape index (κ1) is 18.2. The summed E-state index contributed by atoms with van der Waals surface area (Å²) in [6.07, 6.45) is 1.66. The van der Waals surface area contributed by atoms with Gasteiger partial charge >= 0.3 is 0 Å². The number of rotatable bonds is 5. The van der Waals surface area contributed by atoms with Crippen LogP contribution in [0.1, 0.15) is 37.6 Å². The molecule has 0 bridgehead atoms. The molecule has 0 atom stereocenters. The second-order valence-corrected chi connectivity index (χ2v) is 7.45. The van der Waals surface area contributed by atoms with Crippen molar-refractivity contribution in [2.45, 2.75) is 34.3 Å². The molecule has 0 radical (unpaired) electrons. The smallest absolute Gasteiger partial charge is 0.265 e. The maximum atomic E-state index is 12.4. The molecule has 1 amide bonds. The number of carbonyl (C=O) groups excluding carboxylic acids is 1. The molecule has 3 rings (SSSR count). The van der Waals surface area contributed by atoms with Gasteiger partial charge in [0.25, 0.3) is 5.91 Å². The van der Waals surface area contributed by atoms with Gasteiger partial charge < -0.3 is 10.1 Å². The number of nitrogens with zero attached hydrogens (tertiary/aromatic N) is 2. The highest BCUT2D eigenvalue weighted by Crippen LogP contribution is 2.25. The second-order valence-electron chi connectivity index (χ2n) is 6.53. The monoisotopic (exact) mass is 369 g/mol. The zero-order chi connectivity index (χ0) is 18.8. The van der Waals surface area contributed by atoms with Crippen molar-refractivity contribution in [2.75, 3.05) is 5.32 Å². The molecule has 0 aliphatic rings. The van der Waals surface area contributed by atoms with Gasteiger partial charge in [0, 0.05) is 12.6 Å². The van der Waals surface area contributed by atoms with E-state index in [4.69, 9.17) is 4.74 Å². The van der Waals surface area contributed by atoms with Gasteiger partial charge in [0.1, 0.15) is 12.4 Å². The van der Waals surface area contributed by atoms with Crippen molar-refractivity contribution in [3.05, 3.63) is 62.6 Å². The largest absolute Gasteiger partial charge is 0.489 e. The fraction of sp³-hybridized carbons (Fsp3) is 0.300. The van der Waals surface area contributed by atoms with Crippen molar-refractivity contribution in [3.63, 3.8) is 0 Å². The summed E-state index contributed by atoms with van der Waals surface area (Å²) < 4.78 is 7.71. The number of carbonyl (C=O) groups is 1. The van der Waals surface area contributed by atoms with E-state index in [1.807, 2.05) is 31.5 Å². The summed E-state index contributed by atoms with van der Waals surface area (Å²) in [4.78, 5) is 13.1. The van der Waals surface area contributed by atoms with E-state index in [0.717, 1.165) is 28.3 Å². The number of amides is 1. The number of ether oxygens (including phenoxy) is 1. The molecule has 2 aromatic heterocycles. The van der Waals surface area contributed by atoms with E-state index in [2.05, 4.69) is 37.3 Å². The summed E-state index contributed by atoms with van der Waals surface area (Å²) in [6, 6.07) is 6.08. The van der Waals surface area contributed by atoms with Crippen molar-refractivity contribution >= 4 is 22.9 Å². The number of aromatic nitrogens is 2. The van der Waals surface area contributed by atoms with Crippen LogP contribution in [0.5, 0.6) is 5.75 Å². The van der Waals surface area contributed by atoms with Gasteiger partial charge in [-0.15, -0.1) is 11.3 Å². The first-order valence-corrected chi connectivity index (χ1v) is 9.31. The van der Waals surface area contributed by atoms with Crippen LogP contribution in [0.25, 0.3) is 0 Å². The van der Waals surface area contributed by atoms with Crippen molar-refractivity contribution in [1.82, 2.24) is 9.78 Å². The molecule has 1 N–H and O–H groups in total. The van der Waals surface area contributed by atoms with Crippen LogP contribution in [-0.2, 0) is 13.7 Å². The Hall–Kier alpha value is -2.60. The Labute approximate surface area is 157 Å². The van der Waals surface area contributed by atoms with Gasteiger partial charge in [-0.1, -0.05) is 6.07 Å². The third-order valence-corrected chi connectivity index (χ3v) is 5.50. The van der Waals surface area contributed by atoms with Crippen molar-refractivity contribution in [2.24, 2.45) is 7.05 Å². The average Bonchev–Trinajstić information content (AvgIpc) is 3.19. The van der Waals surface area contributed by atoms with Crippen LogP contribution >= 0.6 is 11.3 Å². The summed E-state index contributed by atoms with van der Waals surface area (Å²) in [7, 11) is 1.85. The molecule has 6 heteroatoms. The maximum absolute atomic E-state index is 12.4. The molecule has 0 aliphatic heterocycles. The molecule has 26 heavy (non-hydrogen) atoms. The van der Waals surface area contributed by atoms with Gasteiger partial charge in [0.05, 0.1) is 22.5 Å². The Balaban J connectivity index is 1.66. The Morgan fingerprint density at radius 1 is 1.23 bits per heavy atom. The van der Waals surface area contributed by atoms with Crippen LogP contribution in [0.2, 0.25) is 0 Å². The SMILES string of the molecule is Cc1cc(C)c(C)c(OCc2csc(C(=O)Nc3cnn(C)c3C)c2)c1. The van der Waals surface area contributed by atoms with Crippen LogP contribution in [0, 0.1) is 27.7 Å². The predicted molar refractivity (Wildman–Crippen MR) is 105 cm³/mol. The molecule has 0 spiro atoms. The van der Waals surface area contributed by atoms with Gasteiger partial charge in [0.15, 0.2) is 0 Å². The van der Waals surface area contributed by atoms with E-state index in [-0.39, 0.29) is 5.91 Å². The highest BCUT2D eigenvalue weighted by Gasteiger charge is 2.13. The predicted octanol–water partition coefficient (Wildman–Crippen LogP) is 4.55. The van der Waals surface area contributed by atoms with Gasteiger partial charge in [-0.05, 0) is 61.9 Å². The van der Waals surface area contributed by atoms with Gasteiger partial charge in [0.2, 0.25) is 0 Å². The molecule has 1 aromatic carbocycles. The zero-order valence-corrected chi connectivity index (χ0v) is 16.5. The fourth-order valence-corrected chi connectivity index (χ4v) is 3.48. The quantitative estimate of drug-likeness (QED) is 0.718. The van der Waals surface area contributed by atoms with Gasteiger partial charge in [-0.25, -0.2) is 0 Å². The van der Waals surface area contributed by atoms with Crippen LogP contribution < -0.4 is 10.1 Å². The summed E-state index contributed by atoms with van der Waals surface area (Å²) >= 11 is 1.42. The minimum Gasteiger partial charge on any atom is -0.489 e. The lowest BCUT2D eigenvalue weighted by molar-refractivity contribution is 0.103. The molecular weight excluding hydrogens is 346 g/mol. The average molecular weight is 369 g/mol. The van der Waals surface area contributed by atoms with Gasteiger partial charge in [-0.2, -0.15) is 5.10 Å². The van der Waals surface area contributed by atoms with E-state index in [9.17, 15) is 4.79 Å². The fourth-order valence-electron chi connectivity index (χ4n) is 2.69. The summed E-state index contributed by atoms with van der Waals surface area (Å²) in [5.41, 5.74) is 6.19. The highest BCUT2D eigenvalue weighted by atomic mass is 32.1. The number of hydrogen-bond donors (Lipinski definition) is 1. The minimum atomic E-state index is -0.125. The number of benzene rings is 1. The first-order chi connectivity index (χ1) is 12.3. The Kier molecular flexibility index (Phi) is 5.13. The number of nitrogens with one attached hydrogen (secondary N) is 1. The number of aryl methyl sites for hydroxylation is 3. The molecule has 0 saturated heterocycles. The number of hydrogen-bond acceptors (Lipinski definition) is 4. The van der Waals surface area contributed by atoms with Crippen LogP contribution in [0.3, 0.4) is 0 Å². The van der Waals surface area contributed by atoms with Crippen LogP contribution in [0.15, 0.2) is 29.8 Å². The van der Waals surface area contributed by atoms with Crippen LogP contribution in [0.4, 0.5) is 5.69 Å². The van der Waals surface area contributed by atoms with Gasteiger partial charge in [-0.3, -0.25) is 9.48 Å². The maximum Gasteiger partial charge on any atom is 0.265 e. The Morgan fingerprint density at radius 3 is 2.69 bits per heavy atom. The standard InChI is InChI=1S/C20H23N3O2S/c1-12-6-13(2)14(3)18(7-12)25-10-16-8-19(26-11-16)20(24)22-17-9-21-23(5)15(17)4/h6-9,11H,10H2,1-5H3,(H,22,24). The van der Waals surface area contributed by atoms with Crippen LogP contribution in [-0.4, -0.2) is 15.7 Å². The molecule has 3 aromatic rings. The van der Waals surface area contributed by atoms with Crippen molar-refractivity contribution < 1.29 is 9.53 Å². The van der Waals surface area contributed by atoms with Crippen molar-refractivity contribution in [3.8, 4) is 5.75 Å². The summed E-state index contributed by atoms with van der Waals surface area (Å²) in [5, 5.41) is 9.01. The second kappa shape index (κ2) is 7.33. The molecule has 0 aliphatic carbocycles. The number of anilines is 1. The third kappa shape index (κ3) is 3.80. The molecule has 2 heterocycles. The molecule has 5 nitrogen and oxygen atoms in total. The number of thiophene rings is 1. The Morgan fingerprint density at radius 2 is 2.00 bits per heavy atom. The van der Waals surface area contributed by atoms with Crippen molar-refractivity contribution in [1.29, 1.82) is 0 Å². The van der Waals surface area contributed by atoms with E-state index in [0.29, 0.717) is 11.5 Å². The topological polar surface area (TPSA) is 56.1 Å². The highest BCUT2D eigenvalue weighted by molar-refractivity contribution is 7.12. The van der Waals surface area contributed by atoms with E-state index in [1.165, 1.54) is 22.5 Å². The lowest BCUT2D eigenvalue weighted by Gasteiger charge is -2.11. The lowest BCUT2D eigenvalue weighted by atomic mass is 10.1. The molecular formula is C20H23N3O2S. The van der Waals surface area contributed by atoms with E-state index >= 15 is 0 Å². The lowest BCUT2D eigenvalue weighted by Crippen LogP contribution is -2.11. The summed E-state index contributed by atoms with van der Waals surface area (Å²) in [6.45, 7) is 8.57. The third-order valence-electron chi connectivity index (χ3n) is 4.52.